The number of nitrogens with zero attached hydrogens (tertiary/aromatic N) is 2. The van der Waals surface area contributed by atoms with Gasteiger partial charge in [0.15, 0.2) is 11.5 Å². The minimum atomic E-state index is -1.05. The van der Waals surface area contributed by atoms with Gasteiger partial charge in [-0.25, -0.2) is 4.79 Å². The first kappa shape index (κ1) is 36.5. The summed E-state index contributed by atoms with van der Waals surface area (Å²) in [6.45, 7) is 17.1. The first-order valence-electron chi connectivity index (χ1n) is 13.0. The van der Waals surface area contributed by atoms with Crippen molar-refractivity contribution < 1.29 is 29.2 Å². The lowest BCUT2D eigenvalue weighted by molar-refractivity contribution is -0.0170. The molecule has 0 radical (unpaired) electrons. The Morgan fingerprint density at radius 3 is 1.89 bits per heavy atom. The lowest BCUT2D eigenvalue weighted by atomic mass is 9.70. The number of halogens is 2. The Labute approximate surface area is 241 Å². The summed E-state index contributed by atoms with van der Waals surface area (Å²) in [4.78, 5) is 15.7. The van der Waals surface area contributed by atoms with Crippen LogP contribution in [0.4, 0.5) is 0 Å². The lowest BCUT2D eigenvalue weighted by Gasteiger charge is -2.37. The molecule has 2 aliphatic carbocycles. The fraction of sp³-hybridized carbons (Fsp3) is 0.750. The van der Waals surface area contributed by atoms with Crippen LogP contribution in [0.15, 0.2) is 12.1 Å². The van der Waals surface area contributed by atoms with E-state index in [0.717, 1.165) is 32.7 Å². The molecule has 0 spiro atoms. The largest absolute Gasteiger partial charge is 0.493 e. The predicted molar refractivity (Wildman–Crippen MR) is 157 cm³/mol. The Kier molecular flexibility index (Phi) is 14.8. The molecule has 222 valence electrons. The van der Waals surface area contributed by atoms with Gasteiger partial charge in [0.25, 0.3) is 0 Å². The molecular formula is C28H50Cl2N2O6. The monoisotopic (exact) mass is 580 g/mol. The molecule has 8 nitrogen and oxygen atoms in total. The maximum Gasteiger partial charge on any atom is 0.335 e. The minimum Gasteiger partial charge on any atom is -0.493 e. The molecule has 2 saturated carbocycles. The quantitative estimate of drug-likeness (QED) is 0.380. The summed E-state index contributed by atoms with van der Waals surface area (Å²) in [6.07, 6.45) is 2.38. The highest BCUT2D eigenvalue weighted by Gasteiger charge is 2.65. The van der Waals surface area contributed by atoms with Crippen molar-refractivity contribution in [3.8, 4) is 17.2 Å². The number of fused-ring (bicyclic) bond motifs is 2. The van der Waals surface area contributed by atoms with Gasteiger partial charge in [0.2, 0.25) is 5.75 Å². The molecule has 1 aromatic carbocycles. The van der Waals surface area contributed by atoms with E-state index in [-0.39, 0.29) is 47.3 Å². The molecule has 1 aromatic rings. The molecular weight excluding hydrogens is 531 g/mol. The summed E-state index contributed by atoms with van der Waals surface area (Å²) in [5.41, 5.74) is 0.503. The number of ether oxygens (including phenoxy) is 3. The Morgan fingerprint density at radius 2 is 1.53 bits per heavy atom. The highest BCUT2D eigenvalue weighted by molar-refractivity contribution is 5.89. The Bertz CT molecular complexity index is 858. The van der Waals surface area contributed by atoms with E-state index in [0.29, 0.717) is 29.1 Å². The van der Waals surface area contributed by atoms with Gasteiger partial charge < -0.3 is 34.2 Å². The minimum absolute atomic E-state index is 0. The average Bonchev–Trinajstić information content (AvgIpc) is 3.17. The van der Waals surface area contributed by atoms with E-state index in [4.69, 9.17) is 19.3 Å². The second-order valence-corrected chi connectivity index (χ2v) is 10.9. The standard InChI is InChI=1S/C18H36N2O.C10H12O5.2ClH/c1-7-20(8-2)12-11-19(6)13-14-15-9-10-18(5,16(14)21)17(15,3)4;1-13-7-4-6(10(11)12)5-8(14-2)9(7)15-3;;/h14-16,21H,7-13H2,1-6H3;4-5H,1-3H3,(H,11,12);2*1H. The van der Waals surface area contributed by atoms with Gasteiger partial charge >= 0.3 is 5.97 Å². The van der Waals surface area contributed by atoms with E-state index in [9.17, 15) is 9.90 Å². The number of carboxylic acids is 1. The Hall–Kier alpha value is -1.45. The number of aromatic carboxylic acids is 1. The lowest BCUT2D eigenvalue weighted by Crippen LogP contribution is -2.42. The summed E-state index contributed by atoms with van der Waals surface area (Å²) in [7, 11) is 6.55. The Morgan fingerprint density at radius 1 is 1.00 bits per heavy atom. The number of hydrogen-bond acceptors (Lipinski definition) is 7. The summed E-state index contributed by atoms with van der Waals surface area (Å²) in [6, 6.07) is 2.76. The zero-order valence-corrected chi connectivity index (χ0v) is 26.2. The molecule has 0 saturated heterocycles. The van der Waals surface area contributed by atoms with Crippen molar-refractivity contribution in [3.63, 3.8) is 0 Å². The van der Waals surface area contributed by atoms with E-state index >= 15 is 0 Å². The van der Waals surface area contributed by atoms with Crippen LogP contribution in [-0.2, 0) is 0 Å². The molecule has 2 bridgehead atoms. The zero-order valence-electron chi connectivity index (χ0n) is 24.6. The first-order chi connectivity index (χ1) is 16.9. The summed E-state index contributed by atoms with van der Waals surface area (Å²) >= 11 is 0. The average molecular weight is 582 g/mol. The number of likely N-dealkylation sites (N-methyl/N-ethyl adjacent to an activating group) is 2. The van der Waals surface area contributed by atoms with Crippen LogP contribution in [-0.4, -0.2) is 93.2 Å². The molecule has 38 heavy (non-hydrogen) atoms. The fourth-order valence-corrected chi connectivity index (χ4v) is 6.27. The number of aliphatic hydroxyl groups is 1. The fourth-order valence-electron chi connectivity index (χ4n) is 6.27. The maximum atomic E-state index is 10.9. The molecule has 3 rings (SSSR count). The van der Waals surface area contributed by atoms with Crippen molar-refractivity contribution in [2.24, 2.45) is 22.7 Å². The Balaban J connectivity index is 0.000000720. The second kappa shape index (κ2) is 15.4. The van der Waals surface area contributed by atoms with Gasteiger partial charge in [0.05, 0.1) is 33.0 Å². The number of methoxy groups -OCH3 is 3. The van der Waals surface area contributed by atoms with Crippen LogP contribution in [0.1, 0.15) is 57.8 Å². The number of rotatable bonds is 11. The molecule has 2 N–H and O–H groups in total. The SMILES string of the molecule is CCN(CC)CCN(C)CC1C2CCC(C)(C1O)C2(C)C.COc1cc(C(=O)O)cc(OC)c1OC.Cl.Cl. The number of aliphatic hydroxyl groups excluding tert-OH is 1. The predicted octanol–water partition coefficient (Wildman–Crippen LogP) is 4.95. The maximum absolute atomic E-state index is 10.9. The van der Waals surface area contributed by atoms with Crippen molar-refractivity contribution in [2.75, 3.05) is 61.1 Å². The third-order valence-electron chi connectivity index (χ3n) is 9.08. The molecule has 4 atom stereocenters. The van der Waals surface area contributed by atoms with Gasteiger partial charge in [0, 0.05) is 25.6 Å². The van der Waals surface area contributed by atoms with Crippen LogP contribution >= 0.6 is 24.8 Å². The van der Waals surface area contributed by atoms with Crippen LogP contribution < -0.4 is 14.2 Å². The van der Waals surface area contributed by atoms with Gasteiger partial charge in [0.1, 0.15) is 0 Å². The van der Waals surface area contributed by atoms with Crippen LogP contribution in [0.3, 0.4) is 0 Å². The number of carbonyl (C=O) groups is 1. The molecule has 0 heterocycles. The topological polar surface area (TPSA) is 91.7 Å². The normalized spacial score (nSPS) is 24.7. The van der Waals surface area contributed by atoms with Gasteiger partial charge in [-0.05, 0) is 61.9 Å². The van der Waals surface area contributed by atoms with E-state index in [2.05, 4.69) is 51.5 Å². The van der Waals surface area contributed by atoms with Crippen LogP contribution in [0.5, 0.6) is 17.2 Å². The molecule has 4 unspecified atom stereocenters. The van der Waals surface area contributed by atoms with Gasteiger partial charge in [-0.3, -0.25) is 0 Å². The first-order valence-corrected chi connectivity index (χ1v) is 13.0. The van der Waals surface area contributed by atoms with Gasteiger partial charge in [-0.1, -0.05) is 34.6 Å². The van der Waals surface area contributed by atoms with Crippen molar-refractivity contribution in [3.05, 3.63) is 17.7 Å². The van der Waals surface area contributed by atoms with Crippen LogP contribution in [0.2, 0.25) is 0 Å². The molecule has 10 heteroatoms. The van der Waals surface area contributed by atoms with E-state index in [1.54, 1.807) is 0 Å². The van der Waals surface area contributed by atoms with E-state index in [1.165, 1.54) is 46.3 Å². The zero-order chi connectivity index (χ0) is 27.3. The third-order valence-corrected chi connectivity index (χ3v) is 9.08. The van der Waals surface area contributed by atoms with Crippen LogP contribution in [0.25, 0.3) is 0 Å². The number of benzene rings is 1. The smallest absolute Gasteiger partial charge is 0.335 e. The molecule has 2 fully saturated rings. The number of hydrogen-bond donors (Lipinski definition) is 2. The highest BCUT2D eigenvalue weighted by atomic mass is 35.5. The second-order valence-electron chi connectivity index (χ2n) is 10.9. The summed E-state index contributed by atoms with van der Waals surface area (Å²) in [5.74, 6) is 1.14. The molecule has 0 amide bonds. The van der Waals surface area contributed by atoms with Gasteiger partial charge in [-0.2, -0.15) is 0 Å². The van der Waals surface area contributed by atoms with Crippen molar-refractivity contribution >= 4 is 30.8 Å². The van der Waals surface area contributed by atoms with Crippen molar-refractivity contribution in [2.45, 2.75) is 53.6 Å². The molecule has 0 aliphatic heterocycles. The van der Waals surface area contributed by atoms with Crippen LogP contribution in [0, 0.1) is 22.7 Å². The van der Waals surface area contributed by atoms with E-state index in [1.807, 2.05) is 0 Å². The van der Waals surface area contributed by atoms with Crippen molar-refractivity contribution in [1.82, 2.24) is 9.80 Å². The highest BCUT2D eigenvalue weighted by Crippen LogP contribution is 2.67. The van der Waals surface area contributed by atoms with Crippen molar-refractivity contribution in [1.29, 1.82) is 0 Å². The summed E-state index contributed by atoms with van der Waals surface area (Å²) in [5, 5.41) is 19.7. The molecule has 0 aromatic heterocycles. The number of carboxylic acid groups (broad SMARTS) is 1. The summed E-state index contributed by atoms with van der Waals surface area (Å²) < 4.78 is 15.1. The van der Waals surface area contributed by atoms with Gasteiger partial charge in [-0.15, -0.1) is 24.8 Å². The molecule has 2 aliphatic rings. The third kappa shape index (κ3) is 7.39. The van der Waals surface area contributed by atoms with E-state index < -0.39 is 5.97 Å².